The number of carbonyl (C=O) groups is 1. The van der Waals surface area contributed by atoms with Gasteiger partial charge in [0.1, 0.15) is 6.29 Å². The smallest absolute Gasteiger partial charge is 0.197 e. The first-order valence-electron chi connectivity index (χ1n) is 5.54. The second kappa shape index (κ2) is 6.25. The minimum Gasteiger partial charge on any atom is -0.493 e. The topological polar surface area (TPSA) is 44.8 Å². The number of ether oxygens (including phenoxy) is 3. The van der Waals surface area contributed by atoms with Gasteiger partial charge in [-0.2, -0.15) is 0 Å². The van der Waals surface area contributed by atoms with Crippen LogP contribution in [0.15, 0.2) is 12.1 Å². The van der Waals surface area contributed by atoms with E-state index >= 15 is 0 Å². The SMILES string of the molecule is CCOC(C)Oc1c(C)cc(C=O)cc1OC. The molecule has 0 aliphatic carbocycles. The van der Waals surface area contributed by atoms with E-state index in [9.17, 15) is 4.79 Å². The first-order valence-corrected chi connectivity index (χ1v) is 5.54. The number of carbonyl (C=O) groups excluding carboxylic acids is 1. The third-order valence-corrected chi connectivity index (χ3v) is 2.30. The lowest BCUT2D eigenvalue weighted by Gasteiger charge is -2.18. The molecule has 1 unspecified atom stereocenters. The van der Waals surface area contributed by atoms with Crippen molar-refractivity contribution < 1.29 is 19.0 Å². The van der Waals surface area contributed by atoms with Crippen LogP contribution in [0.4, 0.5) is 0 Å². The molecule has 0 bridgehead atoms. The molecular formula is C13H18O4. The molecule has 0 spiro atoms. The van der Waals surface area contributed by atoms with Crippen LogP contribution in [-0.4, -0.2) is 26.3 Å². The molecule has 0 saturated carbocycles. The fourth-order valence-electron chi connectivity index (χ4n) is 1.57. The Morgan fingerprint density at radius 1 is 1.41 bits per heavy atom. The fourth-order valence-corrected chi connectivity index (χ4v) is 1.57. The van der Waals surface area contributed by atoms with E-state index in [0.717, 1.165) is 11.8 Å². The molecule has 0 heterocycles. The number of hydrogen-bond donors (Lipinski definition) is 0. The molecule has 94 valence electrons. The zero-order valence-electron chi connectivity index (χ0n) is 10.6. The van der Waals surface area contributed by atoms with Crippen molar-refractivity contribution in [2.24, 2.45) is 0 Å². The number of aldehydes is 1. The number of hydrogen-bond acceptors (Lipinski definition) is 4. The molecule has 0 saturated heterocycles. The molecule has 0 fully saturated rings. The summed E-state index contributed by atoms with van der Waals surface area (Å²) >= 11 is 0. The molecule has 0 aliphatic heterocycles. The summed E-state index contributed by atoms with van der Waals surface area (Å²) in [5, 5.41) is 0. The molecule has 1 atom stereocenters. The average Bonchev–Trinajstić information content (AvgIpc) is 2.31. The van der Waals surface area contributed by atoms with Crippen LogP contribution >= 0.6 is 0 Å². The third-order valence-electron chi connectivity index (χ3n) is 2.30. The van der Waals surface area contributed by atoms with E-state index in [-0.39, 0.29) is 6.29 Å². The van der Waals surface area contributed by atoms with Crippen molar-refractivity contribution in [2.75, 3.05) is 13.7 Å². The highest BCUT2D eigenvalue weighted by Crippen LogP contribution is 2.32. The lowest BCUT2D eigenvalue weighted by Crippen LogP contribution is -2.17. The van der Waals surface area contributed by atoms with Crippen LogP contribution in [0.5, 0.6) is 11.5 Å². The Morgan fingerprint density at radius 2 is 2.12 bits per heavy atom. The predicted molar refractivity (Wildman–Crippen MR) is 64.8 cm³/mol. The van der Waals surface area contributed by atoms with E-state index in [1.54, 1.807) is 19.2 Å². The van der Waals surface area contributed by atoms with Gasteiger partial charge >= 0.3 is 0 Å². The summed E-state index contributed by atoms with van der Waals surface area (Å²) in [6, 6.07) is 3.40. The Kier molecular flexibility index (Phi) is 4.97. The maximum atomic E-state index is 10.7. The summed E-state index contributed by atoms with van der Waals surface area (Å²) in [4.78, 5) is 10.7. The monoisotopic (exact) mass is 238 g/mol. The Morgan fingerprint density at radius 3 is 2.65 bits per heavy atom. The molecule has 0 N–H and O–H groups in total. The Bertz CT molecular complexity index is 387. The lowest BCUT2D eigenvalue weighted by atomic mass is 10.1. The molecule has 0 amide bonds. The van der Waals surface area contributed by atoms with E-state index < -0.39 is 0 Å². The second-order valence-corrected chi connectivity index (χ2v) is 3.63. The van der Waals surface area contributed by atoms with Gasteiger partial charge in [-0.05, 0) is 38.5 Å². The van der Waals surface area contributed by atoms with E-state index in [4.69, 9.17) is 14.2 Å². The maximum absolute atomic E-state index is 10.7. The fraction of sp³-hybridized carbons (Fsp3) is 0.462. The highest BCUT2D eigenvalue weighted by atomic mass is 16.7. The van der Waals surface area contributed by atoms with Crippen molar-refractivity contribution in [2.45, 2.75) is 27.1 Å². The molecular weight excluding hydrogens is 220 g/mol. The van der Waals surface area contributed by atoms with Crippen molar-refractivity contribution in [1.29, 1.82) is 0 Å². The van der Waals surface area contributed by atoms with Crippen LogP contribution in [0.3, 0.4) is 0 Å². The van der Waals surface area contributed by atoms with Crippen molar-refractivity contribution >= 4 is 6.29 Å². The van der Waals surface area contributed by atoms with Crippen LogP contribution in [0, 0.1) is 6.92 Å². The van der Waals surface area contributed by atoms with Crippen molar-refractivity contribution in [3.05, 3.63) is 23.3 Å². The molecule has 0 aliphatic rings. The van der Waals surface area contributed by atoms with Gasteiger partial charge in [-0.15, -0.1) is 0 Å². The number of methoxy groups -OCH3 is 1. The molecule has 4 heteroatoms. The first-order chi connectivity index (χ1) is 8.12. The predicted octanol–water partition coefficient (Wildman–Crippen LogP) is 2.58. The van der Waals surface area contributed by atoms with Gasteiger partial charge in [-0.3, -0.25) is 4.79 Å². The van der Waals surface area contributed by atoms with Gasteiger partial charge in [0.2, 0.25) is 0 Å². The van der Waals surface area contributed by atoms with Gasteiger partial charge in [-0.25, -0.2) is 0 Å². The van der Waals surface area contributed by atoms with Crippen molar-refractivity contribution in [3.63, 3.8) is 0 Å². The van der Waals surface area contributed by atoms with Gasteiger partial charge in [0.15, 0.2) is 17.8 Å². The van der Waals surface area contributed by atoms with Gasteiger partial charge in [0.05, 0.1) is 7.11 Å². The molecule has 1 aromatic carbocycles. The van der Waals surface area contributed by atoms with Crippen LogP contribution in [0.25, 0.3) is 0 Å². The standard InChI is InChI=1S/C13H18O4/c1-5-16-10(3)17-13-9(2)6-11(8-14)7-12(13)15-4/h6-8,10H,5H2,1-4H3. The Labute approximate surface area is 101 Å². The van der Waals surface area contributed by atoms with Crippen LogP contribution in [-0.2, 0) is 4.74 Å². The van der Waals surface area contributed by atoms with Gasteiger partial charge in [-0.1, -0.05) is 0 Å². The lowest BCUT2D eigenvalue weighted by molar-refractivity contribution is -0.0627. The normalized spacial score (nSPS) is 12.0. The van der Waals surface area contributed by atoms with Crippen LogP contribution in [0.1, 0.15) is 29.8 Å². The minimum absolute atomic E-state index is 0.352. The number of rotatable bonds is 6. The van der Waals surface area contributed by atoms with Crippen LogP contribution in [0.2, 0.25) is 0 Å². The maximum Gasteiger partial charge on any atom is 0.197 e. The van der Waals surface area contributed by atoms with Crippen molar-refractivity contribution in [3.8, 4) is 11.5 Å². The molecule has 1 aromatic rings. The Hall–Kier alpha value is -1.55. The summed E-state index contributed by atoms with van der Waals surface area (Å²) in [6.45, 7) is 6.16. The molecule has 1 rings (SSSR count). The molecule has 17 heavy (non-hydrogen) atoms. The first kappa shape index (κ1) is 13.5. The van der Waals surface area contributed by atoms with E-state index in [1.165, 1.54) is 0 Å². The highest BCUT2D eigenvalue weighted by molar-refractivity contribution is 5.77. The van der Waals surface area contributed by atoms with Gasteiger partial charge < -0.3 is 14.2 Å². The molecule has 0 radical (unpaired) electrons. The van der Waals surface area contributed by atoms with E-state index in [0.29, 0.717) is 23.7 Å². The zero-order valence-corrected chi connectivity index (χ0v) is 10.6. The summed E-state index contributed by atoms with van der Waals surface area (Å²) in [5.41, 5.74) is 1.41. The average molecular weight is 238 g/mol. The third kappa shape index (κ3) is 3.46. The van der Waals surface area contributed by atoms with E-state index in [1.807, 2.05) is 20.8 Å². The van der Waals surface area contributed by atoms with Crippen LogP contribution < -0.4 is 9.47 Å². The highest BCUT2D eigenvalue weighted by Gasteiger charge is 2.13. The number of benzene rings is 1. The quantitative estimate of drug-likeness (QED) is 0.564. The zero-order chi connectivity index (χ0) is 12.8. The van der Waals surface area contributed by atoms with Gasteiger partial charge in [0, 0.05) is 12.2 Å². The minimum atomic E-state index is -0.352. The molecule has 0 aromatic heterocycles. The summed E-state index contributed by atoms with van der Waals surface area (Å²) < 4.78 is 16.2. The Balaban J connectivity index is 3.01. The summed E-state index contributed by atoms with van der Waals surface area (Å²) in [7, 11) is 1.54. The van der Waals surface area contributed by atoms with Gasteiger partial charge in [0.25, 0.3) is 0 Å². The molecule has 4 nitrogen and oxygen atoms in total. The number of aryl methyl sites for hydroxylation is 1. The summed E-state index contributed by atoms with van der Waals surface area (Å²) in [5.74, 6) is 1.15. The largest absolute Gasteiger partial charge is 0.493 e. The van der Waals surface area contributed by atoms with Crippen molar-refractivity contribution in [1.82, 2.24) is 0 Å². The second-order valence-electron chi connectivity index (χ2n) is 3.63. The van der Waals surface area contributed by atoms with E-state index in [2.05, 4.69) is 0 Å². The summed E-state index contributed by atoms with van der Waals surface area (Å²) in [6.07, 6.45) is 0.431.